The molecule has 2 rings (SSSR count). The topological polar surface area (TPSA) is 41.5 Å². The Morgan fingerprint density at radius 1 is 1.06 bits per heavy atom. The molecule has 0 aromatic heterocycles. The standard InChI is InChI=1S/C14H27NO2/c1-2-15-11-7-9-12(10-8-11)17-14-6-4-3-5-13(14)16/h11-16H,2-10H2,1H3. The van der Waals surface area contributed by atoms with Crippen LogP contribution in [-0.2, 0) is 4.74 Å². The summed E-state index contributed by atoms with van der Waals surface area (Å²) in [6.45, 7) is 3.23. The predicted octanol–water partition coefficient (Wildman–Crippen LogP) is 2.23. The summed E-state index contributed by atoms with van der Waals surface area (Å²) < 4.78 is 6.09. The van der Waals surface area contributed by atoms with Gasteiger partial charge < -0.3 is 15.2 Å². The van der Waals surface area contributed by atoms with Crippen LogP contribution >= 0.6 is 0 Å². The van der Waals surface area contributed by atoms with Crippen LogP contribution in [0.4, 0.5) is 0 Å². The number of rotatable bonds is 4. The van der Waals surface area contributed by atoms with Crippen LogP contribution in [-0.4, -0.2) is 36.0 Å². The Labute approximate surface area is 105 Å². The minimum absolute atomic E-state index is 0.115. The molecular weight excluding hydrogens is 214 g/mol. The number of hydrogen-bond donors (Lipinski definition) is 2. The Hall–Kier alpha value is -0.120. The van der Waals surface area contributed by atoms with Crippen LogP contribution in [0.15, 0.2) is 0 Å². The van der Waals surface area contributed by atoms with Crippen molar-refractivity contribution in [2.24, 2.45) is 0 Å². The molecule has 2 fully saturated rings. The van der Waals surface area contributed by atoms with E-state index >= 15 is 0 Å². The summed E-state index contributed by atoms with van der Waals surface area (Å²) >= 11 is 0. The van der Waals surface area contributed by atoms with Gasteiger partial charge in [0.25, 0.3) is 0 Å². The zero-order chi connectivity index (χ0) is 12.1. The smallest absolute Gasteiger partial charge is 0.0837 e. The minimum Gasteiger partial charge on any atom is -0.390 e. The molecule has 0 amide bonds. The van der Waals surface area contributed by atoms with Crippen LogP contribution < -0.4 is 5.32 Å². The van der Waals surface area contributed by atoms with E-state index in [4.69, 9.17) is 4.74 Å². The van der Waals surface area contributed by atoms with Crippen molar-refractivity contribution in [3.8, 4) is 0 Å². The first-order valence-electron chi connectivity index (χ1n) is 7.36. The summed E-state index contributed by atoms with van der Waals surface area (Å²) in [5, 5.41) is 13.4. The lowest BCUT2D eigenvalue weighted by atomic mass is 9.91. The average Bonchev–Trinajstić information content (AvgIpc) is 2.35. The van der Waals surface area contributed by atoms with Gasteiger partial charge in [0.05, 0.1) is 18.3 Å². The molecule has 0 spiro atoms. The summed E-state index contributed by atoms with van der Waals surface area (Å²) in [5.41, 5.74) is 0. The number of nitrogens with one attached hydrogen (secondary N) is 1. The van der Waals surface area contributed by atoms with Gasteiger partial charge in [-0.2, -0.15) is 0 Å². The van der Waals surface area contributed by atoms with Gasteiger partial charge in [-0.1, -0.05) is 19.8 Å². The van der Waals surface area contributed by atoms with Gasteiger partial charge in [0.1, 0.15) is 0 Å². The van der Waals surface area contributed by atoms with Crippen LogP contribution in [0, 0.1) is 0 Å². The van der Waals surface area contributed by atoms with E-state index in [1.807, 2.05) is 0 Å². The van der Waals surface area contributed by atoms with Crippen LogP contribution in [0.5, 0.6) is 0 Å². The maximum absolute atomic E-state index is 9.90. The van der Waals surface area contributed by atoms with E-state index in [0.29, 0.717) is 12.1 Å². The zero-order valence-corrected chi connectivity index (χ0v) is 11.0. The molecule has 3 nitrogen and oxygen atoms in total. The summed E-state index contributed by atoms with van der Waals surface area (Å²) in [6.07, 6.45) is 9.40. The third-order valence-electron chi connectivity index (χ3n) is 4.20. The Balaban J connectivity index is 1.70. The molecule has 2 aliphatic rings. The fourth-order valence-electron chi connectivity index (χ4n) is 3.17. The maximum atomic E-state index is 9.90. The minimum atomic E-state index is -0.213. The molecule has 0 saturated heterocycles. The summed E-state index contributed by atoms with van der Waals surface area (Å²) in [4.78, 5) is 0. The fourth-order valence-corrected chi connectivity index (χ4v) is 3.17. The molecule has 2 N–H and O–H groups in total. The Bertz CT molecular complexity index is 214. The molecule has 0 aromatic carbocycles. The second-order valence-corrected chi connectivity index (χ2v) is 5.56. The lowest BCUT2D eigenvalue weighted by Crippen LogP contribution is -2.39. The second kappa shape index (κ2) is 6.72. The first-order chi connectivity index (χ1) is 8.29. The van der Waals surface area contributed by atoms with Gasteiger partial charge in [-0.25, -0.2) is 0 Å². The second-order valence-electron chi connectivity index (χ2n) is 5.56. The van der Waals surface area contributed by atoms with E-state index in [0.717, 1.165) is 38.6 Å². The van der Waals surface area contributed by atoms with Gasteiger partial charge in [0.15, 0.2) is 0 Å². The third kappa shape index (κ3) is 3.94. The Morgan fingerprint density at radius 3 is 2.41 bits per heavy atom. The molecule has 2 atom stereocenters. The molecule has 2 aliphatic carbocycles. The van der Waals surface area contributed by atoms with E-state index in [1.165, 1.54) is 19.3 Å². The van der Waals surface area contributed by atoms with Crippen molar-refractivity contribution < 1.29 is 9.84 Å². The summed E-state index contributed by atoms with van der Waals surface area (Å²) in [7, 11) is 0. The monoisotopic (exact) mass is 241 g/mol. The van der Waals surface area contributed by atoms with E-state index in [2.05, 4.69) is 12.2 Å². The number of aliphatic hydroxyl groups excluding tert-OH is 1. The molecule has 3 heteroatoms. The molecule has 2 saturated carbocycles. The summed E-state index contributed by atoms with van der Waals surface area (Å²) in [5.74, 6) is 0. The lowest BCUT2D eigenvalue weighted by Gasteiger charge is -2.35. The van der Waals surface area contributed by atoms with Crippen molar-refractivity contribution in [3.63, 3.8) is 0 Å². The van der Waals surface area contributed by atoms with E-state index in [1.54, 1.807) is 0 Å². The van der Waals surface area contributed by atoms with Gasteiger partial charge in [-0.15, -0.1) is 0 Å². The van der Waals surface area contributed by atoms with Crippen LogP contribution in [0.3, 0.4) is 0 Å². The highest BCUT2D eigenvalue weighted by Gasteiger charge is 2.28. The highest BCUT2D eigenvalue weighted by molar-refractivity contribution is 4.81. The van der Waals surface area contributed by atoms with E-state index < -0.39 is 0 Å². The van der Waals surface area contributed by atoms with Gasteiger partial charge in [0, 0.05) is 6.04 Å². The number of ether oxygens (including phenoxy) is 1. The van der Waals surface area contributed by atoms with Crippen molar-refractivity contribution >= 4 is 0 Å². The number of aliphatic hydroxyl groups is 1. The van der Waals surface area contributed by atoms with E-state index in [9.17, 15) is 5.11 Å². The normalized spacial score (nSPS) is 39.2. The van der Waals surface area contributed by atoms with Crippen molar-refractivity contribution in [2.45, 2.75) is 82.6 Å². The van der Waals surface area contributed by atoms with Gasteiger partial charge >= 0.3 is 0 Å². The average molecular weight is 241 g/mol. The van der Waals surface area contributed by atoms with Gasteiger partial charge in [-0.05, 0) is 45.1 Å². The van der Waals surface area contributed by atoms with Gasteiger partial charge in [0.2, 0.25) is 0 Å². The fraction of sp³-hybridized carbons (Fsp3) is 1.00. The molecule has 0 aliphatic heterocycles. The molecule has 0 aromatic rings. The van der Waals surface area contributed by atoms with E-state index in [-0.39, 0.29) is 12.2 Å². The first-order valence-corrected chi connectivity index (χ1v) is 7.36. The quantitative estimate of drug-likeness (QED) is 0.793. The first kappa shape index (κ1) is 13.3. The molecule has 0 bridgehead atoms. The Morgan fingerprint density at radius 2 is 1.76 bits per heavy atom. The zero-order valence-electron chi connectivity index (χ0n) is 11.0. The molecule has 2 unspecified atom stereocenters. The van der Waals surface area contributed by atoms with Crippen LogP contribution in [0.2, 0.25) is 0 Å². The number of hydrogen-bond acceptors (Lipinski definition) is 3. The van der Waals surface area contributed by atoms with Crippen molar-refractivity contribution in [1.82, 2.24) is 5.32 Å². The van der Waals surface area contributed by atoms with Crippen LogP contribution in [0.25, 0.3) is 0 Å². The molecule has 17 heavy (non-hydrogen) atoms. The molecular formula is C14H27NO2. The Kier molecular flexibility index (Phi) is 5.26. The highest BCUT2D eigenvalue weighted by atomic mass is 16.5. The van der Waals surface area contributed by atoms with Gasteiger partial charge in [-0.3, -0.25) is 0 Å². The predicted molar refractivity (Wildman–Crippen MR) is 69.1 cm³/mol. The highest BCUT2D eigenvalue weighted by Crippen LogP contribution is 2.27. The molecule has 0 heterocycles. The third-order valence-corrected chi connectivity index (χ3v) is 4.20. The molecule has 100 valence electrons. The maximum Gasteiger partial charge on any atom is 0.0837 e. The van der Waals surface area contributed by atoms with Crippen LogP contribution in [0.1, 0.15) is 58.3 Å². The van der Waals surface area contributed by atoms with Crippen molar-refractivity contribution in [2.75, 3.05) is 6.54 Å². The molecule has 0 radical (unpaired) electrons. The summed E-state index contributed by atoms with van der Waals surface area (Å²) in [6, 6.07) is 0.691. The van der Waals surface area contributed by atoms with Crippen molar-refractivity contribution in [1.29, 1.82) is 0 Å². The largest absolute Gasteiger partial charge is 0.390 e. The lowest BCUT2D eigenvalue weighted by molar-refractivity contribution is -0.104. The van der Waals surface area contributed by atoms with Crippen molar-refractivity contribution in [3.05, 3.63) is 0 Å². The SMILES string of the molecule is CCNC1CCC(OC2CCCCC2O)CC1.